The molecule has 0 fully saturated rings. The number of hydrogen-bond donors (Lipinski definition) is 2. The Morgan fingerprint density at radius 3 is 2.56 bits per heavy atom. The quantitative estimate of drug-likeness (QED) is 0.281. The third-order valence-corrected chi connectivity index (χ3v) is 1.05. The van der Waals surface area contributed by atoms with Gasteiger partial charge in [0.05, 0.1) is 5.69 Å². The van der Waals surface area contributed by atoms with E-state index in [9.17, 15) is 0 Å². The molecule has 3 N–H and O–H groups in total. The number of rotatable bonds is 0. The topological polar surface area (TPSA) is 46.2 Å². The minimum absolute atomic E-state index is 0.0370. The highest BCUT2D eigenvalue weighted by atomic mass is 16.3. The van der Waals surface area contributed by atoms with E-state index in [1.165, 1.54) is 6.07 Å². The number of nitrogens with two attached hydrogens (primary N) is 1. The van der Waals surface area contributed by atoms with Crippen LogP contribution in [-0.4, -0.2) is 13.0 Å². The minimum Gasteiger partial charge on any atom is -0.506 e. The largest absolute Gasteiger partial charge is 0.506 e. The molecule has 0 heterocycles. The SMILES string of the molecule is [B]c1ccc(N)c(O)c1. The van der Waals surface area contributed by atoms with Crippen molar-refractivity contribution in [2.45, 2.75) is 0 Å². The van der Waals surface area contributed by atoms with Gasteiger partial charge in [-0.05, 0) is 12.1 Å². The molecule has 1 rings (SSSR count). The zero-order chi connectivity index (χ0) is 6.85. The maximum atomic E-state index is 8.90. The van der Waals surface area contributed by atoms with Gasteiger partial charge in [-0.1, -0.05) is 11.5 Å². The summed E-state index contributed by atoms with van der Waals surface area (Å²) in [5.74, 6) is 0.0370. The van der Waals surface area contributed by atoms with Crippen LogP contribution < -0.4 is 11.2 Å². The Hall–Kier alpha value is -1.12. The molecular weight excluding hydrogens is 113 g/mol. The summed E-state index contributed by atoms with van der Waals surface area (Å²) in [7, 11) is 5.31. The zero-order valence-corrected chi connectivity index (χ0v) is 4.83. The molecular formula is C6H6BNO. The molecule has 0 saturated heterocycles. The van der Waals surface area contributed by atoms with Crippen molar-refractivity contribution in [3.05, 3.63) is 18.2 Å². The summed E-state index contributed by atoms with van der Waals surface area (Å²) in [5, 5.41) is 8.90. The Morgan fingerprint density at radius 2 is 2.11 bits per heavy atom. The molecule has 2 nitrogen and oxygen atoms in total. The van der Waals surface area contributed by atoms with E-state index in [1.807, 2.05) is 0 Å². The molecule has 3 heteroatoms. The van der Waals surface area contributed by atoms with Crippen LogP contribution >= 0.6 is 0 Å². The van der Waals surface area contributed by atoms with Crippen molar-refractivity contribution in [3.8, 4) is 5.75 Å². The summed E-state index contributed by atoms with van der Waals surface area (Å²) in [6, 6.07) is 4.61. The Kier molecular flexibility index (Phi) is 1.34. The summed E-state index contributed by atoms with van der Waals surface area (Å²) >= 11 is 0. The second kappa shape index (κ2) is 2.01. The van der Waals surface area contributed by atoms with Crippen LogP contribution in [0.2, 0.25) is 0 Å². The molecule has 0 aliphatic rings. The molecule has 0 bridgehead atoms. The predicted octanol–water partition coefficient (Wildman–Crippen LogP) is -0.232. The van der Waals surface area contributed by atoms with Crippen LogP contribution in [0.3, 0.4) is 0 Å². The fraction of sp³-hybridized carbons (Fsp3) is 0. The van der Waals surface area contributed by atoms with E-state index in [0.717, 1.165) is 0 Å². The van der Waals surface area contributed by atoms with Crippen molar-refractivity contribution in [3.63, 3.8) is 0 Å². The molecule has 44 valence electrons. The number of phenols is 1. The molecule has 0 aliphatic carbocycles. The molecule has 0 aromatic heterocycles. The van der Waals surface area contributed by atoms with Crippen LogP contribution in [0.5, 0.6) is 5.75 Å². The molecule has 2 radical (unpaired) electrons. The second-order valence-corrected chi connectivity index (χ2v) is 1.82. The fourth-order valence-electron chi connectivity index (χ4n) is 0.561. The maximum absolute atomic E-state index is 8.90. The molecule has 0 saturated carbocycles. The van der Waals surface area contributed by atoms with Gasteiger partial charge in [0.2, 0.25) is 0 Å². The summed E-state index contributed by atoms with van der Waals surface area (Å²) in [4.78, 5) is 0. The first kappa shape index (κ1) is 6.01. The van der Waals surface area contributed by atoms with Gasteiger partial charge in [-0.15, -0.1) is 0 Å². The van der Waals surface area contributed by atoms with Gasteiger partial charge < -0.3 is 10.8 Å². The van der Waals surface area contributed by atoms with Gasteiger partial charge in [-0.25, -0.2) is 0 Å². The van der Waals surface area contributed by atoms with Crippen LogP contribution in [0, 0.1) is 0 Å². The van der Waals surface area contributed by atoms with E-state index in [2.05, 4.69) is 0 Å². The van der Waals surface area contributed by atoms with E-state index >= 15 is 0 Å². The number of benzene rings is 1. The Balaban J connectivity index is 3.17. The fourth-order valence-corrected chi connectivity index (χ4v) is 0.561. The van der Waals surface area contributed by atoms with Crippen molar-refractivity contribution >= 4 is 19.0 Å². The lowest BCUT2D eigenvalue weighted by Crippen LogP contribution is -2.00. The Labute approximate surface area is 54.7 Å². The van der Waals surface area contributed by atoms with Crippen LogP contribution in [0.25, 0.3) is 0 Å². The third-order valence-electron chi connectivity index (χ3n) is 1.05. The van der Waals surface area contributed by atoms with Crippen molar-refractivity contribution in [1.82, 2.24) is 0 Å². The highest BCUT2D eigenvalue weighted by Gasteiger charge is 1.92. The maximum Gasteiger partial charge on any atom is 0.137 e. The van der Waals surface area contributed by atoms with E-state index in [4.69, 9.17) is 18.7 Å². The monoisotopic (exact) mass is 119 g/mol. The summed E-state index contributed by atoms with van der Waals surface area (Å²) in [6.45, 7) is 0. The minimum atomic E-state index is 0.0370. The lowest BCUT2D eigenvalue weighted by molar-refractivity contribution is 0.478. The number of phenolic OH excluding ortho intramolecular Hbond substituents is 1. The summed E-state index contributed by atoms with van der Waals surface area (Å²) in [5.41, 5.74) is 6.15. The molecule has 9 heavy (non-hydrogen) atoms. The van der Waals surface area contributed by atoms with Crippen molar-refractivity contribution in [2.75, 3.05) is 5.73 Å². The summed E-state index contributed by atoms with van der Waals surface area (Å²) in [6.07, 6.45) is 0. The van der Waals surface area contributed by atoms with Crippen molar-refractivity contribution in [2.24, 2.45) is 0 Å². The van der Waals surface area contributed by atoms with Gasteiger partial charge in [-0.2, -0.15) is 0 Å². The first-order valence-electron chi connectivity index (χ1n) is 2.54. The molecule has 0 amide bonds. The van der Waals surface area contributed by atoms with Gasteiger partial charge in [0.25, 0.3) is 0 Å². The van der Waals surface area contributed by atoms with Gasteiger partial charge in [0.15, 0.2) is 0 Å². The predicted molar refractivity (Wildman–Crippen MR) is 37.9 cm³/mol. The highest BCUT2D eigenvalue weighted by Crippen LogP contribution is 2.14. The molecule has 1 aromatic rings. The van der Waals surface area contributed by atoms with E-state index in [-0.39, 0.29) is 5.75 Å². The number of aromatic hydroxyl groups is 1. The van der Waals surface area contributed by atoms with Crippen molar-refractivity contribution in [1.29, 1.82) is 0 Å². The highest BCUT2D eigenvalue weighted by molar-refractivity contribution is 6.32. The number of anilines is 1. The number of nitrogen functional groups attached to an aromatic ring is 1. The Morgan fingerprint density at radius 1 is 1.44 bits per heavy atom. The third kappa shape index (κ3) is 1.16. The normalized spacial score (nSPS) is 9.33. The van der Waals surface area contributed by atoms with E-state index in [1.54, 1.807) is 12.1 Å². The lowest BCUT2D eigenvalue weighted by atomic mass is 9.96. The zero-order valence-electron chi connectivity index (χ0n) is 4.83. The molecule has 0 unspecified atom stereocenters. The molecule has 0 atom stereocenters. The standard InChI is InChI=1S/C6H6BNO/c7-4-1-2-5(8)6(9)3-4/h1-3,9H,8H2. The second-order valence-electron chi connectivity index (χ2n) is 1.82. The molecule has 1 aromatic carbocycles. The van der Waals surface area contributed by atoms with Crippen LogP contribution in [0.1, 0.15) is 0 Å². The number of hydrogen-bond acceptors (Lipinski definition) is 2. The van der Waals surface area contributed by atoms with Gasteiger partial charge in [0, 0.05) is 0 Å². The van der Waals surface area contributed by atoms with Gasteiger partial charge >= 0.3 is 0 Å². The molecule has 0 aliphatic heterocycles. The van der Waals surface area contributed by atoms with Crippen LogP contribution in [0.15, 0.2) is 18.2 Å². The van der Waals surface area contributed by atoms with Crippen LogP contribution in [0.4, 0.5) is 5.69 Å². The smallest absolute Gasteiger partial charge is 0.137 e. The average molecular weight is 119 g/mol. The first-order chi connectivity index (χ1) is 4.20. The summed E-state index contributed by atoms with van der Waals surface area (Å²) < 4.78 is 0. The van der Waals surface area contributed by atoms with Crippen molar-refractivity contribution < 1.29 is 5.11 Å². The van der Waals surface area contributed by atoms with E-state index in [0.29, 0.717) is 11.2 Å². The van der Waals surface area contributed by atoms with Crippen LogP contribution in [-0.2, 0) is 0 Å². The van der Waals surface area contributed by atoms with Gasteiger partial charge in [0.1, 0.15) is 13.6 Å². The van der Waals surface area contributed by atoms with E-state index < -0.39 is 0 Å². The first-order valence-corrected chi connectivity index (χ1v) is 2.54. The average Bonchev–Trinajstić information content (AvgIpc) is 1.80. The Bertz CT molecular complexity index is 224. The molecule has 0 spiro atoms. The van der Waals surface area contributed by atoms with Gasteiger partial charge in [-0.3, -0.25) is 0 Å². The lowest BCUT2D eigenvalue weighted by Gasteiger charge is -1.97.